The standard InChI is InChI=1S/C11H16FNO3S/c1-2-13(7-8-14)17(15,16)9-10-5-3-4-6-11(10)12/h3-6,14H,2,7-9H2,1H3. The van der Waals surface area contributed by atoms with Gasteiger partial charge in [0.2, 0.25) is 10.0 Å². The van der Waals surface area contributed by atoms with E-state index in [-0.39, 0.29) is 31.0 Å². The van der Waals surface area contributed by atoms with E-state index in [9.17, 15) is 12.8 Å². The van der Waals surface area contributed by atoms with Crippen LogP contribution >= 0.6 is 0 Å². The van der Waals surface area contributed by atoms with Crippen LogP contribution in [-0.4, -0.2) is 37.5 Å². The highest BCUT2D eigenvalue weighted by atomic mass is 32.2. The van der Waals surface area contributed by atoms with Gasteiger partial charge in [0.25, 0.3) is 0 Å². The van der Waals surface area contributed by atoms with Crippen molar-refractivity contribution in [1.29, 1.82) is 0 Å². The van der Waals surface area contributed by atoms with Gasteiger partial charge in [-0.1, -0.05) is 25.1 Å². The van der Waals surface area contributed by atoms with Crippen molar-refractivity contribution in [3.8, 4) is 0 Å². The molecule has 6 heteroatoms. The van der Waals surface area contributed by atoms with Crippen LogP contribution in [0.3, 0.4) is 0 Å². The van der Waals surface area contributed by atoms with E-state index in [4.69, 9.17) is 5.11 Å². The molecule has 0 aliphatic carbocycles. The second-order valence-electron chi connectivity index (χ2n) is 3.56. The Kier molecular flexibility index (Phi) is 5.04. The van der Waals surface area contributed by atoms with Gasteiger partial charge >= 0.3 is 0 Å². The summed E-state index contributed by atoms with van der Waals surface area (Å²) in [4.78, 5) is 0. The summed E-state index contributed by atoms with van der Waals surface area (Å²) >= 11 is 0. The number of likely N-dealkylation sites (N-methyl/N-ethyl adjacent to an activating group) is 1. The fourth-order valence-corrected chi connectivity index (χ4v) is 3.07. The molecule has 1 N–H and O–H groups in total. The molecule has 4 nitrogen and oxygen atoms in total. The van der Waals surface area contributed by atoms with Crippen LogP contribution in [0.2, 0.25) is 0 Å². The Morgan fingerprint density at radius 3 is 2.53 bits per heavy atom. The smallest absolute Gasteiger partial charge is 0.218 e. The minimum atomic E-state index is -3.58. The predicted molar refractivity (Wildman–Crippen MR) is 63.4 cm³/mol. The summed E-state index contributed by atoms with van der Waals surface area (Å²) in [5.74, 6) is -0.913. The number of rotatable bonds is 6. The Bertz CT molecular complexity index is 462. The van der Waals surface area contributed by atoms with Crippen molar-refractivity contribution in [3.05, 3.63) is 35.6 Å². The largest absolute Gasteiger partial charge is 0.395 e. The maximum atomic E-state index is 13.3. The molecule has 96 valence electrons. The van der Waals surface area contributed by atoms with Crippen LogP contribution in [0.1, 0.15) is 12.5 Å². The van der Waals surface area contributed by atoms with Crippen molar-refractivity contribution >= 4 is 10.0 Å². The van der Waals surface area contributed by atoms with E-state index in [2.05, 4.69) is 0 Å². The van der Waals surface area contributed by atoms with E-state index < -0.39 is 15.8 Å². The summed E-state index contributed by atoms with van der Waals surface area (Å²) in [6.45, 7) is 1.73. The summed E-state index contributed by atoms with van der Waals surface area (Å²) in [7, 11) is -3.58. The van der Waals surface area contributed by atoms with E-state index in [1.54, 1.807) is 13.0 Å². The van der Waals surface area contributed by atoms with Gasteiger partial charge in [0, 0.05) is 18.7 Å². The van der Waals surface area contributed by atoms with Gasteiger partial charge in [-0.05, 0) is 6.07 Å². The van der Waals surface area contributed by atoms with Gasteiger partial charge in [0.1, 0.15) is 5.82 Å². The number of nitrogens with zero attached hydrogens (tertiary/aromatic N) is 1. The molecular weight excluding hydrogens is 245 g/mol. The average Bonchev–Trinajstić information content (AvgIpc) is 2.28. The molecule has 0 radical (unpaired) electrons. The lowest BCUT2D eigenvalue weighted by molar-refractivity contribution is 0.257. The molecule has 1 aromatic carbocycles. The van der Waals surface area contributed by atoms with E-state index in [1.807, 2.05) is 0 Å². The average molecular weight is 261 g/mol. The maximum absolute atomic E-state index is 13.3. The Balaban J connectivity index is 2.89. The molecule has 0 fully saturated rings. The lowest BCUT2D eigenvalue weighted by Crippen LogP contribution is -2.34. The van der Waals surface area contributed by atoms with Crippen LogP contribution in [0.5, 0.6) is 0 Å². The number of sulfonamides is 1. The number of hydrogen-bond acceptors (Lipinski definition) is 3. The summed E-state index contributed by atoms with van der Waals surface area (Å²) in [6, 6.07) is 5.78. The molecule has 1 rings (SSSR count). The Morgan fingerprint density at radius 1 is 1.35 bits per heavy atom. The SMILES string of the molecule is CCN(CCO)S(=O)(=O)Cc1ccccc1F. The Morgan fingerprint density at radius 2 is 2.00 bits per heavy atom. The molecule has 0 aromatic heterocycles. The number of aliphatic hydroxyl groups excluding tert-OH is 1. The molecule has 0 aliphatic rings. The Labute approximate surface area is 101 Å². The highest BCUT2D eigenvalue weighted by Gasteiger charge is 2.21. The van der Waals surface area contributed by atoms with Crippen molar-refractivity contribution in [2.75, 3.05) is 19.7 Å². The van der Waals surface area contributed by atoms with Gasteiger partial charge in [0.05, 0.1) is 12.4 Å². The van der Waals surface area contributed by atoms with Crippen LogP contribution in [0.4, 0.5) is 4.39 Å². The number of aliphatic hydroxyl groups is 1. The zero-order chi connectivity index (χ0) is 12.9. The third-order valence-electron chi connectivity index (χ3n) is 2.39. The molecule has 0 amide bonds. The van der Waals surface area contributed by atoms with E-state index in [1.165, 1.54) is 18.2 Å². The van der Waals surface area contributed by atoms with Crippen molar-refractivity contribution in [2.45, 2.75) is 12.7 Å². The highest BCUT2D eigenvalue weighted by Crippen LogP contribution is 2.13. The fourth-order valence-electron chi connectivity index (χ4n) is 1.51. The molecule has 0 heterocycles. The normalized spacial score (nSPS) is 12.0. The van der Waals surface area contributed by atoms with E-state index >= 15 is 0 Å². The van der Waals surface area contributed by atoms with Gasteiger partial charge in [-0.2, -0.15) is 4.31 Å². The molecule has 1 aromatic rings. The number of halogens is 1. The van der Waals surface area contributed by atoms with Crippen molar-refractivity contribution in [2.24, 2.45) is 0 Å². The second kappa shape index (κ2) is 6.09. The third kappa shape index (κ3) is 3.76. The molecule has 0 aliphatic heterocycles. The first-order valence-electron chi connectivity index (χ1n) is 5.33. The zero-order valence-electron chi connectivity index (χ0n) is 9.63. The first-order valence-corrected chi connectivity index (χ1v) is 6.94. The van der Waals surface area contributed by atoms with Crippen LogP contribution in [0.15, 0.2) is 24.3 Å². The topological polar surface area (TPSA) is 57.6 Å². The third-order valence-corrected chi connectivity index (χ3v) is 4.29. The van der Waals surface area contributed by atoms with Crippen molar-refractivity contribution in [1.82, 2.24) is 4.31 Å². The molecule has 0 atom stereocenters. The lowest BCUT2D eigenvalue weighted by Gasteiger charge is -2.19. The minimum Gasteiger partial charge on any atom is -0.395 e. The first-order chi connectivity index (χ1) is 8.01. The van der Waals surface area contributed by atoms with Gasteiger partial charge < -0.3 is 5.11 Å². The predicted octanol–water partition coefficient (Wildman–Crippen LogP) is 0.970. The summed E-state index contributed by atoms with van der Waals surface area (Å²) < 4.78 is 38.3. The highest BCUT2D eigenvalue weighted by molar-refractivity contribution is 7.88. The molecular formula is C11H16FNO3S. The van der Waals surface area contributed by atoms with Crippen LogP contribution in [0.25, 0.3) is 0 Å². The monoisotopic (exact) mass is 261 g/mol. The molecule has 0 bridgehead atoms. The first kappa shape index (κ1) is 14.1. The van der Waals surface area contributed by atoms with Crippen molar-refractivity contribution in [3.63, 3.8) is 0 Å². The van der Waals surface area contributed by atoms with Crippen molar-refractivity contribution < 1.29 is 17.9 Å². The Hall–Kier alpha value is -0.980. The quantitative estimate of drug-likeness (QED) is 0.830. The van der Waals surface area contributed by atoms with E-state index in [0.29, 0.717) is 0 Å². The van der Waals surface area contributed by atoms with Crippen LogP contribution in [-0.2, 0) is 15.8 Å². The number of hydrogen-bond donors (Lipinski definition) is 1. The summed E-state index contributed by atoms with van der Waals surface area (Å²) in [6.07, 6.45) is 0. The zero-order valence-corrected chi connectivity index (χ0v) is 10.5. The van der Waals surface area contributed by atoms with Gasteiger partial charge in [-0.3, -0.25) is 0 Å². The summed E-state index contributed by atoms with van der Waals surface area (Å²) in [5.41, 5.74) is 0.142. The molecule has 0 saturated heterocycles. The fraction of sp³-hybridized carbons (Fsp3) is 0.455. The van der Waals surface area contributed by atoms with Gasteiger partial charge in [0.15, 0.2) is 0 Å². The molecule has 0 saturated carbocycles. The van der Waals surface area contributed by atoms with Crippen LogP contribution in [0, 0.1) is 5.82 Å². The van der Waals surface area contributed by atoms with Gasteiger partial charge in [-0.15, -0.1) is 0 Å². The summed E-state index contributed by atoms with van der Waals surface area (Å²) in [5, 5.41) is 8.77. The van der Waals surface area contributed by atoms with Gasteiger partial charge in [-0.25, -0.2) is 12.8 Å². The molecule has 0 unspecified atom stereocenters. The van der Waals surface area contributed by atoms with Crippen LogP contribution < -0.4 is 0 Å². The molecule has 17 heavy (non-hydrogen) atoms. The number of benzene rings is 1. The lowest BCUT2D eigenvalue weighted by atomic mass is 10.2. The molecule has 0 spiro atoms. The minimum absolute atomic E-state index is 0.0350. The second-order valence-corrected chi connectivity index (χ2v) is 5.53. The van der Waals surface area contributed by atoms with E-state index in [0.717, 1.165) is 4.31 Å². The maximum Gasteiger partial charge on any atom is 0.218 e.